The fraction of sp³-hybridized carbons (Fsp3) is 0.517. The van der Waals surface area contributed by atoms with Gasteiger partial charge in [-0.3, -0.25) is 0 Å². The topological polar surface area (TPSA) is 108 Å². The Hall–Kier alpha value is -3.06. The molecule has 7 heteroatoms. The van der Waals surface area contributed by atoms with Crippen molar-refractivity contribution in [1.82, 2.24) is 10.6 Å². The quantitative estimate of drug-likeness (QED) is 0.381. The lowest BCUT2D eigenvalue weighted by Crippen LogP contribution is -2.42. The van der Waals surface area contributed by atoms with E-state index in [1.165, 1.54) is 76.3 Å². The molecule has 4 N–H and O–H groups in total. The van der Waals surface area contributed by atoms with E-state index in [1.54, 1.807) is 24.3 Å². The SMILES string of the molecule is C1CCC(NC2CCCCC2)CC1.O=C(N[C@@H](Cc1ccc(O)cc1)C(=O)O)OCc1ccccc1. The molecule has 7 nitrogen and oxygen atoms in total. The summed E-state index contributed by atoms with van der Waals surface area (Å²) in [5.74, 6) is -1.06. The van der Waals surface area contributed by atoms with Crippen LogP contribution in [0.3, 0.4) is 0 Å². The van der Waals surface area contributed by atoms with Crippen LogP contribution >= 0.6 is 0 Å². The number of hydrogen-bond acceptors (Lipinski definition) is 5. The van der Waals surface area contributed by atoms with E-state index in [0.717, 1.165) is 17.6 Å². The van der Waals surface area contributed by atoms with Gasteiger partial charge in [0.05, 0.1) is 0 Å². The van der Waals surface area contributed by atoms with Gasteiger partial charge in [-0.25, -0.2) is 9.59 Å². The highest BCUT2D eigenvalue weighted by atomic mass is 16.5. The van der Waals surface area contributed by atoms with Crippen LogP contribution in [0.4, 0.5) is 4.79 Å². The van der Waals surface area contributed by atoms with Gasteiger partial charge in [0, 0.05) is 18.5 Å². The lowest BCUT2D eigenvalue weighted by molar-refractivity contribution is -0.139. The second-order valence-electron chi connectivity index (χ2n) is 9.80. The Labute approximate surface area is 214 Å². The number of ether oxygens (including phenoxy) is 1. The Kier molecular flexibility index (Phi) is 11.6. The first-order valence-corrected chi connectivity index (χ1v) is 13.2. The molecule has 2 saturated carbocycles. The molecule has 0 radical (unpaired) electrons. The van der Waals surface area contributed by atoms with Gasteiger partial charge in [0.2, 0.25) is 0 Å². The third-order valence-corrected chi connectivity index (χ3v) is 6.86. The maximum Gasteiger partial charge on any atom is 0.408 e. The van der Waals surface area contributed by atoms with Crippen molar-refractivity contribution in [3.8, 4) is 5.75 Å². The molecule has 0 saturated heterocycles. The van der Waals surface area contributed by atoms with Crippen LogP contribution in [0.1, 0.15) is 75.3 Å². The van der Waals surface area contributed by atoms with E-state index in [-0.39, 0.29) is 18.8 Å². The van der Waals surface area contributed by atoms with Gasteiger partial charge in [0.15, 0.2) is 0 Å². The molecule has 0 spiro atoms. The highest BCUT2D eigenvalue weighted by Crippen LogP contribution is 2.22. The second-order valence-corrected chi connectivity index (χ2v) is 9.80. The normalized spacial score (nSPS) is 17.3. The molecule has 1 amide bonds. The maximum absolute atomic E-state index is 11.7. The van der Waals surface area contributed by atoms with Gasteiger partial charge < -0.3 is 25.6 Å². The Balaban J connectivity index is 0.000000233. The molecular formula is C29H40N2O5. The van der Waals surface area contributed by atoms with E-state index >= 15 is 0 Å². The molecule has 196 valence electrons. The Morgan fingerprint density at radius 3 is 1.89 bits per heavy atom. The third-order valence-electron chi connectivity index (χ3n) is 6.86. The van der Waals surface area contributed by atoms with Crippen molar-refractivity contribution in [3.63, 3.8) is 0 Å². The highest BCUT2D eigenvalue weighted by molar-refractivity contribution is 5.80. The summed E-state index contributed by atoms with van der Waals surface area (Å²) in [7, 11) is 0. The number of benzene rings is 2. The number of rotatable bonds is 8. The zero-order chi connectivity index (χ0) is 25.6. The molecule has 2 fully saturated rings. The molecule has 0 unspecified atom stereocenters. The van der Waals surface area contributed by atoms with E-state index < -0.39 is 18.1 Å². The number of nitrogens with one attached hydrogen (secondary N) is 2. The van der Waals surface area contributed by atoms with Crippen LogP contribution in [0, 0.1) is 0 Å². The molecule has 2 aliphatic rings. The summed E-state index contributed by atoms with van der Waals surface area (Å²) in [4.78, 5) is 23.0. The number of alkyl carbamates (subject to hydrolysis) is 1. The number of carbonyl (C=O) groups excluding carboxylic acids is 1. The number of hydrogen-bond donors (Lipinski definition) is 4. The fourth-order valence-electron chi connectivity index (χ4n) is 4.85. The third kappa shape index (κ3) is 10.3. The minimum Gasteiger partial charge on any atom is -0.508 e. The second kappa shape index (κ2) is 15.1. The van der Waals surface area contributed by atoms with Gasteiger partial charge in [-0.15, -0.1) is 0 Å². The lowest BCUT2D eigenvalue weighted by atomic mass is 9.91. The molecule has 36 heavy (non-hydrogen) atoms. The molecule has 0 bridgehead atoms. The van der Waals surface area contributed by atoms with E-state index in [0.29, 0.717) is 5.56 Å². The largest absolute Gasteiger partial charge is 0.508 e. The lowest BCUT2D eigenvalue weighted by Gasteiger charge is -2.30. The molecule has 2 aromatic rings. The Morgan fingerprint density at radius 2 is 1.36 bits per heavy atom. The van der Waals surface area contributed by atoms with Crippen molar-refractivity contribution in [3.05, 3.63) is 65.7 Å². The van der Waals surface area contributed by atoms with Gasteiger partial charge in [0.25, 0.3) is 0 Å². The van der Waals surface area contributed by atoms with Crippen LogP contribution in [0.25, 0.3) is 0 Å². The maximum atomic E-state index is 11.7. The number of aromatic hydroxyl groups is 1. The Bertz CT molecular complexity index is 891. The summed E-state index contributed by atoms with van der Waals surface area (Å²) in [5, 5.41) is 24.6. The smallest absolute Gasteiger partial charge is 0.408 e. The average molecular weight is 497 g/mol. The monoisotopic (exact) mass is 496 g/mol. The van der Waals surface area contributed by atoms with Crippen LogP contribution in [0.2, 0.25) is 0 Å². The summed E-state index contributed by atoms with van der Waals surface area (Å²) < 4.78 is 5.01. The van der Waals surface area contributed by atoms with Crippen LogP contribution in [-0.4, -0.2) is 40.4 Å². The van der Waals surface area contributed by atoms with Gasteiger partial charge >= 0.3 is 12.1 Å². The molecule has 2 aliphatic carbocycles. The minimum atomic E-state index is -1.16. The summed E-state index contributed by atoms with van der Waals surface area (Å²) >= 11 is 0. The Morgan fingerprint density at radius 1 is 0.806 bits per heavy atom. The number of phenols is 1. The van der Waals surface area contributed by atoms with Gasteiger partial charge in [-0.05, 0) is 48.9 Å². The van der Waals surface area contributed by atoms with Gasteiger partial charge in [-0.2, -0.15) is 0 Å². The number of carboxylic acid groups (broad SMARTS) is 1. The molecule has 0 heterocycles. The number of aliphatic carboxylic acids is 1. The summed E-state index contributed by atoms with van der Waals surface area (Å²) in [6.45, 7) is 0.0677. The van der Waals surface area contributed by atoms with Crippen molar-refractivity contribution >= 4 is 12.1 Å². The standard InChI is InChI=1S/C17H17NO5.C12H23N/c19-14-8-6-12(7-9-14)10-15(16(20)21)18-17(22)23-11-13-4-2-1-3-5-13;1-3-7-11(8-4-1)13-12-9-5-2-6-10-12/h1-9,15,19H,10-11H2,(H,18,22)(H,20,21);11-13H,1-10H2/t15-;/m0./s1. The number of carbonyl (C=O) groups is 2. The van der Waals surface area contributed by atoms with E-state index in [9.17, 15) is 19.8 Å². The molecule has 2 aromatic carbocycles. The molecule has 4 rings (SSSR count). The van der Waals surface area contributed by atoms with Crippen molar-refractivity contribution in [2.45, 2.75) is 95.4 Å². The van der Waals surface area contributed by atoms with E-state index in [1.807, 2.05) is 18.2 Å². The zero-order valence-corrected chi connectivity index (χ0v) is 21.0. The van der Waals surface area contributed by atoms with Crippen molar-refractivity contribution in [2.75, 3.05) is 0 Å². The predicted molar refractivity (Wildman–Crippen MR) is 140 cm³/mol. The summed E-state index contributed by atoms with van der Waals surface area (Å²) in [6, 6.07) is 15.9. The van der Waals surface area contributed by atoms with Gasteiger partial charge in [-0.1, -0.05) is 81.0 Å². The number of carboxylic acids is 1. The fourth-order valence-corrected chi connectivity index (χ4v) is 4.85. The minimum absolute atomic E-state index is 0.0677. The first-order valence-electron chi connectivity index (χ1n) is 13.2. The van der Waals surface area contributed by atoms with Crippen molar-refractivity contribution in [2.24, 2.45) is 0 Å². The summed E-state index contributed by atoms with van der Waals surface area (Å²) in [5.41, 5.74) is 1.49. The van der Waals surface area contributed by atoms with Crippen LogP contribution in [-0.2, 0) is 22.6 Å². The predicted octanol–water partition coefficient (Wildman–Crippen LogP) is 5.56. The number of amides is 1. The number of phenolic OH excluding ortho intramolecular Hbond substituents is 1. The summed E-state index contributed by atoms with van der Waals surface area (Å²) in [6.07, 6.45) is 13.9. The van der Waals surface area contributed by atoms with Crippen LogP contribution in [0.5, 0.6) is 5.75 Å². The first kappa shape index (κ1) is 27.5. The van der Waals surface area contributed by atoms with Crippen molar-refractivity contribution in [1.29, 1.82) is 0 Å². The van der Waals surface area contributed by atoms with E-state index in [4.69, 9.17) is 4.74 Å². The highest BCUT2D eigenvalue weighted by Gasteiger charge is 2.21. The van der Waals surface area contributed by atoms with Crippen molar-refractivity contribution < 1.29 is 24.5 Å². The average Bonchev–Trinajstić information content (AvgIpc) is 2.90. The first-order chi connectivity index (χ1) is 17.5. The molecule has 0 aliphatic heterocycles. The zero-order valence-electron chi connectivity index (χ0n) is 21.0. The van der Waals surface area contributed by atoms with Crippen LogP contribution < -0.4 is 10.6 Å². The van der Waals surface area contributed by atoms with Crippen LogP contribution in [0.15, 0.2) is 54.6 Å². The van der Waals surface area contributed by atoms with E-state index in [2.05, 4.69) is 10.6 Å². The molecular weight excluding hydrogens is 456 g/mol. The molecule has 0 aromatic heterocycles. The molecule has 1 atom stereocenters. The van der Waals surface area contributed by atoms with Gasteiger partial charge in [0.1, 0.15) is 18.4 Å².